The Balaban J connectivity index is 1.55. The highest BCUT2D eigenvalue weighted by Gasteiger charge is 2.72. The van der Waals surface area contributed by atoms with Crippen LogP contribution in [0.25, 0.3) is 0 Å². The molecule has 42 heavy (non-hydrogen) atoms. The van der Waals surface area contributed by atoms with Gasteiger partial charge >= 0.3 is 6.18 Å². The van der Waals surface area contributed by atoms with E-state index in [0.717, 1.165) is 38.5 Å². The van der Waals surface area contributed by atoms with E-state index in [9.17, 15) is 32.8 Å². The van der Waals surface area contributed by atoms with Gasteiger partial charge in [0.1, 0.15) is 18.4 Å². The van der Waals surface area contributed by atoms with E-state index in [-0.39, 0.29) is 63.5 Å². The minimum Gasteiger partial charge on any atom is -0.347 e. The van der Waals surface area contributed by atoms with Crippen LogP contribution in [0.5, 0.6) is 0 Å². The van der Waals surface area contributed by atoms with Crippen LogP contribution in [0.1, 0.15) is 106 Å². The number of hydrogen-bond donors (Lipinski definition) is 1. The third-order valence-electron chi connectivity index (χ3n) is 13.6. The van der Waals surface area contributed by atoms with Crippen LogP contribution in [0.3, 0.4) is 0 Å². The zero-order chi connectivity index (χ0) is 31.3. The number of nitrogens with zero attached hydrogens (tertiary/aromatic N) is 1. The summed E-state index contributed by atoms with van der Waals surface area (Å²) in [5.74, 6) is -0.878. The van der Waals surface area contributed by atoms with E-state index in [0.29, 0.717) is 12.8 Å². The van der Waals surface area contributed by atoms with E-state index in [1.54, 1.807) is 0 Å². The smallest absolute Gasteiger partial charge is 0.347 e. The number of allylic oxidation sites excluding steroid dienone is 2. The molecule has 4 saturated carbocycles. The van der Waals surface area contributed by atoms with Crippen molar-refractivity contribution in [3.63, 3.8) is 0 Å². The summed E-state index contributed by atoms with van der Waals surface area (Å²) in [5.41, 5.74) is -2.12. The number of alkyl halides is 3. The summed E-state index contributed by atoms with van der Waals surface area (Å²) in [4.78, 5) is 40.8. The first-order valence-electron chi connectivity index (χ1n) is 15.7. The second kappa shape index (κ2) is 9.41. The van der Waals surface area contributed by atoms with E-state index < -0.39 is 34.9 Å². The Morgan fingerprint density at radius 2 is 1.62 bits per heavy atom. The van der Waals surface area contributed by atoms with E-state index in [4.69, 9.17) is 0 Å². The number of nitrogens with one attached hydrogen (secondary N) is 1. The van der Waals surface area contributed by atoms with Crippen molar-refractivity contribution in [1.29, 1.82) is 5.26 Å². The number of ketones is 2. The van der Waals surface area contributed by atoms with Crippen molar-refractivity contribution in [2.24, 2.45) is 56.2 Å². The van der Waals surface area contributed by atoms with Gasteiger partial charge in [-0.25, -0.2) is 0 Å². The van der Waals surface area contributed by atoms with Crippen molar-refractivity contribution in [3.8, 4) is 6.07 Å². The molecule has 5 rings (SSSR count). The Morgan fingerprint density at radius 1 is 0.976 bits per heavy atom. The Hall–Kier alpha value is -2.17. The maximum atomic E-state index is 14.6. The Labute approximate surface area is 248 Å². The van der Waals surface area contributed by atoms with Gasteiger partial charge in [0.2, 0.25) is 5.91 Å². The minimum absolute atomic E-state index is 0.0220. The van der Waals surface area contributed by atoms with Crippen LogP contribution >= 0.6 is 0 Å². The summed E-state index contributed by atoms with van der Waals surface area (Å²) >= 11 is 0. The fourth-order valence-corrected chi connectivity index (χ4v) is 11.3. The third kappa shape index (κ3) is 4.41. The van der Waals surface area contributed by atoms with E-state index in [1.165, 1.54) is 0 Å². The number of carbonyl (C=O) groups excluding carboxylic acids is 3. The molecule has 232 valence electrons. The molecule has 0 aromatic rings. The fourth-order valence-electron chi connectivity index (χ4n) is 11.3. The standard InChI is InChI=1S/C34H47F3N2O3/c1-28(2)10-12-33(17-25(41)39-19-34(35,36)37)13-11-32(7)26(21(33)16-28)22(40)14-24-30(5)15-20(18-38)27(42)29(3,4)23(30)8-9-31(24,32)6/h15,21,23-24,26H,8-14,16-17,19H2,1-7H3,(H,39,41)/t21-,23+,24-,26+,30+,31-,32-,33+/m1/s1. The first-order chi connectivity index (χ1) is 19.2. The van der Waals surface area contributed by atoms with Crippen LogP contribution in [0.15, 0.2) is 11.6 Å². The average molecular weight is 589 g/mol. The molecule has 0 aromatic carbocycles. The van der Waals surface area contributed by atoms with E-state index in [1.807, 2.05) is 19.9 Å². The summed E-state index contributed by atoms with van der Waals surface area (Å²) in [6.45, 7) is 13.7. The number of carbonyl (C=O) groups is 3. The summed E-state index contributed by atoms with van der Waals surface area (Å²) in [7, 11) is 0. The van der Waals surface area contributed by atoms with Gasteiger partial charge in [-0.1, -0.05) is 54.5 Å². The summed E-state index contributed by atoms with van der Waals surface area (Å²) in [6, 6.07) is 2.16. The van der Waals surface area contributed by atoms with Crippen LogP contribution in [-0.4, -0.2) is 30.2 Å². The van der Waals surface area contributed by atoms with Crippen molar-refractivity contribution < 1.29 is 27.6 Å². The molecule has 5 aliphatic carbocycles. The minimum atomic E-state index is -4.47. The van der Waals surface area contributed by atoms with Gasteiger partial charge in [-0.2, -0.15) is 18.4 Å². The summed E-state index contributed by atoms with van der Waals surface area (Å²) in [6.07, 6.45) is 3.32. The third-order valence-corrected chi connectivity index (χ3v) is 13.6. The van der Waals surface area contributed by atoms with Gasteiger partial charge < -0.3 is 5.32 Å². The highest BCUT2D eigenvalue weighted by atomic mass is 19.4. The largest absolute Gasteiger partial charge is 0.405 e. The monoisotopic (exact) mass is 588 g/mol. The topological polar surface area (TPSA) is 87.0 Å². The second-order valence-corrected chi connectivity index (χ2v) is 16.6. The van der Waals surface area contributed by atoms with E-state index >= 15 is 0 Å². The number of hydrogen-bond acceptors (Lipinski definition) is 4. The normalized spacial score (nSPS) is 44.0. The lowest BCUT2D eigenvalue weighted by Gasteiger charge is -2.72. The molecule has 5 nitrogen and oxygen atoms in total. The van der Waals surface area contributed by atoms with Crippen LogP contribution in [0, 0.1) is 67.5 Å². The van der Waals surface area contributed by atoms with Crippen LogP contribution in [-0.2, 0) is 14.4 Å². The van der Waals surface area contributed by atoms with Gasteiger partial charge in [0, 0.05) is 24.2 Å². The summed E-state index contributed by atoms with van der Waals surface area (Å²) < 4.78 is 38.7. The Morgan fingerprint density at radius 3 is 2.24 bits per heavy atom. The average Bonchev–Trinajstić information content (AvgIpc) is 2.87. The molecule has 0 spiro atoms. The highest BCUT2D eigenvalue weighted by molar-refractivity contribution is 6.04. The maximum Gasteiger partial charge on any atom is 0.405 e. The van der Waals surface area contributed by atoms with Gasteiger partial charge in [-0.05, 0) is 89.8 Å². The lowest BCUT2D eigenvalue weighted by molar-refractivity contribution is -0.223. The predicted octanol–water partition coefficient (Wildman–Crippen LogP) is 7.35. The predicted molar refractivity (Wildman–Crippen MR) is 153 cm³/mol. The molecule has 8 atom stereocenters. The Bertz CT molecular complexity index is 1280. The number of rotatable bonds is 3. The van der Waals surface area contributed by atoms with Gasteiger partial charge in [0.05, 0.1) is 5.57 Å². The number of fused-ring (bicyclic) bond motifs is 7. The molecule has 0 bridgehead atoms. The molecule has 1 amide bonds. The number of amides is 1. The van der Waals surface area contributed by atoms with Crippen LogP contribution in [0.4, 0.5) is 13.2 Å². The van der Waals surface area contributed by atoms with Gasteiger partial charge in [-0.3, -0.25) is 14.4 Å². The Kier molecular flexibility index (Phi) is 7.01. The molecular weight excluding hydrogens is 541 g/mol. The van der Waals surface area contributed by atoms with Crippen molar-refractivity contribution in [2.75, 3.05) is 6.54 Å². The second-order valence-electron chi connectivity index (χ2n) is 16.6. The van der Waals surface area contributed by atoms with Gasteiger partial charge in [0.25, 0.3) is 0 Å². The van der Waals surface area contributed by atoms with Crippen LogP contribution < -0.4 is 5.32 Å². The molecule has 0 saturated heterocycles. The molecule has 5 aliphatic rings. The van der Waals surface area contributed by atoms with Crippen molar-refractivity contribution >= 4 is 17.5 Å². The number of halogens is 3. The molecule has 0 unspecified atom stereocenters. The fraction of sp³-hybridized carbons (Fsp3) is 0.824. The van der Waals surface area contributed by atoms with Gasteiger partial charge in [0.15, 0.2) is 5.78 Å². The molecule has 0 aromatic heterocycles. The molecular formula is C34H47F3N2O3. The van der Waals surface area contributed by atoms with Crippen molar-refractivity contribution in [3.05, 3.63) is 11.6 Å². The number of Topliss-reactive ketones (excluding diaryl/α,β-unsaturated/α-hetero) is 2. The maximum absolute atomic E-state index is 14.6. The molecule has 0 aliphatic heterocycles. The molecule has 8 heteroatoms. The van der Waals surface area contributed by atoms with Crippen molar-refractivity contribution in [1.82, 2.24) is 5.32 Å². The molecule has 0 heterocycles. The zero-order valence-electron chi connectivity index (χ0n) is 26.3. The quantitative estimate of drug-likeness (QED) is 0.373. The van der Waals surface area contributed by atoms with Crippen LogP contribution in [0.2, 0.25) is 0 Å². The number of nitriles is 1. The molecule has 4 fully saturated rings. The molecule has 0 radical (unpaired) electrons. The lowest BCUT2D eigenvalue weighted by Crippen LogP contribution is -2.68. The summed E-state index contributed by atoms with van der Waals surface area (Å²) in [5, 5.41) is 12.0. The van der Waals surface area contributed by atoms with E-state index in [2.05, 4.69) is 46.0 Å². The van der Waals surface area contributed by atoms with Crippen molar-refractivity contribution in [2.45, 2.75) is 112 Å². The zero-order valence-corrected chi connectivity index (χ0v) is 26.3. The SMILES string of the molecule is CC1(C)CC[C@@]2(CC(=O)NCC(F)(F)F)CC[C@]3(C)[C@H](C(=O)C[C@@H]4[C@@]5(C)C=C(C#N)C(=O)C(C)(C)[C@@H]5CC[C@]43C)[C@H]2C1. The first kappa shape index (κ1) is 31.3. The van der Waals surface area contributed by atoms with Gasteiger partial charge in [-0.15, -0.1) is 0 Å². The lowest BCUT2D eigenvalue weighted by atomic mass is 9.31. The highest BCUT2D eigenvalue weighted by Crippen LogP contribution is 2.76. The first-order valence-corrected chi connectivity index (χ1v) is 15.7. The molecule has 1 N–H and O–H groups in total.